The monoisotopic (exact) mass is 319 g/mol. The number of hydrogen-bond acceptors (Lipinski definition) is 4. The van der Waals surface area contributed by atoms with Gasteiger partial charge in [-0.05, 0) is 36.4 Å². The Balaban J connectivity index is 2.22. The van der Waals surface area contributed by atoms with Gasteiger partial charge >= 0.3 is 0 Å². The lowest BCUT2D eigenvalue weighted by atomic mass is 10.0. The Labute approximate surface area is 129 Å². The van der Waals surface area contributed by atoms with Gasteiger partial charge in [-0.2, -0.15) is 0 Å². The number of aromatic hydroxyl groups is 1. The predicted octanol–water partition coefficient (Wildman–Crippen LogP) is 3.03. The number of nitrogens with one attached hydrogen (secondary N) is 1. The van der Waals surface area contributed by atoms with Crippen molar-refractivity contribution in [3.05, 3.63) is 54.1 Å². The number of ketones is 1. The third-order valence-corrected chi connectivity index (χ3v) is 4.49. The minimum atomic E-state index is -3.73. The molecule has 0 aromatic heterocycles. The summed E-state index contributed by atoms with van der Waals surface area (Å²) in [5, 5.41) is 9.19. The molecular formula is C16H17NO4S. The van der Waals surface area contributed by atoms with Crippen LogP contribution >= 0.6 is 0 Å². The number of benzene rings is 2. The maximum atomic E-state index is 12.2. The summed E-state index contributed by atoms with van der Waals surface area (Å²) in [7, 11) is -3.73. The van der Waals surface area contributed by atoms with Gasteiger partial charge in [-0.1, -0.05) is 26.0 Å². The quantitative estimate of drug-likeness (QED) is 0.655. The highest BCUT2D eigenvalue weighted by atomic mass is 32.2. The lowest BCUT2D eigenvalue weighted by Crippen LogP contribution is -2.13. The Morgan fingerprint density at radius 3 is 2.05 bits per heavy atom. The van der Waals surface area contributed by atoms with Crippen LogP contribution in [-0.2, 0) is 10.0 Å². The Bertz CT molecular complexity index is 763. The van der Waals surface area contributed by atoms with Crippen molar-refractivity contribution in [1.29, 1.82) is 0 Å². The first-order valence-electron chi connectivity index (χ1n) is 6.76. The molecular weight excluding hydrogens is 302 g/mol. The van der Waals surface area contributed by atoms with Crippen LogP contribution in [0.3, 0.4) is 0 Å². The van der Waals surface area contributed by atoms with E-state index in [1.165, 1.54) is 48.5 Å². The minimum Gasteiger partial charge on any atom is -0.508 e. The average molecular weight is 319 g/mol. The van der Waals surface area contributed by atoms with E-state index in [0.29, 0.717) is 11.3 Å². The number of carbonyl (C=O) groups excluding carboxylic acids is 1. The van der Waals surface area contributed by atoms with Gasteiger partial charge < -0.3 is 5.11 Å². The average Bonchev–Trinajstić information content (AvgIpc) is 2.48. The van der Waals surface area contributed by atoms with E-state index in [1.807, 2.05) is 0 Å². The van der Waals surface area contributed by atoms with Crippen LogP contribution < -0.4 is 4.72 Å². The van der Waals surface area contributed by atoms with Crippen LogP contribution in [-0.4, -0.2) is 19.3 Å². The van der Waals surface area contributed by atoms with E-state index in [2.05, 4.69) is 4.72 Å². The van der Waals surface area contributed by atoms with Crippen LogP contribution in [0, 0.1) is 5.92 Å². The van der Waals surface area contributed by atoms with Crippen LogP contribution in [0.15, 0.2) is 53.4 Å². The number of hydrogen-bond donors (Lipinski definition) is 2. The fourth-order valence-electron chi connectivity index (χ4n) is 1.88. The number of sulfonamides is 1. The number of Topliss-reactive ketones (excluding diaryl/α,β-unsaturated/α-hetero) is 1. The molecule has 0 fully saturated rings. The SMILES string of the molecule is CC(C)C(=O)c1ccc(S(=O)(=O)Nc2ccc(O)cc2)cc1. The zero-order valence-corrected chi connectivity index (χ0v) is 13.1. The minimum absolute atomic E-state index is 0.0320. The molecule has 2 N–H and O–H groups in total. The maximum absolute atomic E-state index is 12.2. The topological polar surface area (TPSA) is 83.5 Å². The highest BCUT2D eigenvalue weighted by Crippen LogP contribution is 2.19. The van der Waals surface area contributed by atoms with Gasteiger partial charge in [0.05, 0.1) is 4.90 Å². The van der Waals surface area contributed by atoms with Crippen molar-refractivity contribution in [3.8, 4) is 5.75 Å². The van der Waals surface area contributed by atoms with E-state index in [0.717, 1.165) is 0 Å². The fourth-order valence-corrected chi connectivity index (χ4v) is 2.93. The summed E-state index contributed by atoms with van der Waals surface area (Å²) in [5.74, 6) is -0.118. The first-order valence-corrected chi connectivity index (χ1v) is 8.24. The van der Waals surface area contributed by atoms with Crippen molar-refractivity contribution < 1.29 is 18.3 Å². The summed E-state index contributed by atoms with van der Waals surface area (Å²) < 4.78 is 26.9. The van der Waals surface area contributed by atoms with Gasteiger partial charge in [0.1, 0.15) is 5.75 Å². The second-order valence-electron chi connectivity index (χ2n) is 5.20. The molecule has 2 aromatic carbocycles. The van der Waals surface area contributed by atoms with E-state index >= 15 is 0 Å². The van der Waals surface area contributed by atoms with Gasteiger partial charge in [0.2, 0.25) is 0 Å². The summed E-state index contributed by atoms with van der Waals surface area (Å²) >= 11 is 0. The highest BCUT2D eigenvalue weighted by molar-refractivity contribution is 7.92. The van der Waals surface area contributed by atoms with Crippen molar-refractivity contribution in [2.75, 3.05) is 4.72 Å². The number of phenols is 1. The Morgan fingerprint density at radius 1 is 1.00 bits per heavy atom. The van der Waals surface area contributed by atoms with E-state index in [9.17, 15) is 18.3 Å². The first-order chi connectivity index (χ1) is 10.3. The Hall–Kier alpha value is -2.34. The second kappa shape index (κ2) is 6.19. The first kappa shape index (κ1) is 16.0. The molecule has 0 bridgehead atoms. The standard InChI is InChI=1S/C16H17NO4S/c1-11(2)16(19)12-3-9-15(10-4-12)22(20,21)17-13-5-7-14(18)8-6-13/h3-11,17-18H,1-2H3. The molecule has 22 heavy (non-hydrogen) atoms. The molecule has 0 unspecified atom stereocenters. The summed E-state index contributed by atoms with van der Waals surface area (Å²) in [5.41, 5.74) is 0.832. The molecule has 116 valence electrons. The summed E-state index contributed by atoms with van der Waals surface area (Å²) in [6.45, 7) is 3.58. The second-order valence-corrected chi connectivity index (χ2v) is 6.88. The van der Waals surface area contributed by atoms with Crippen LogP contribution in [0.2, 0.25) is 0 Å². The van der Waals surface area contributed by atoms with Crippen molar-refractivity contribution in [2.45, 2.75) is 18.7 Å². The Kier molecular flexibility index (Phi) is 4.51. The number of carbonyl (C=O) groups is 1. The maximum Gasteiger partial charge on any atom is 0.261 e. The van der Waals surface area contributed by atoms with Gasteiger partial charge in [0.25, 0.3) is 10.0 Å². The molecule has 2 rings (SSSR count). The van der Waals surface area contributed by atoms with E-state index in [-0.39, 0.29) is 22.3 Å². The zero-order chi connectivity index (χ0) is 16.3. The Morgan fingerprint density at radius 2 is 1.55 bits per heavy atom. The van der Waals surface area contributed by atoms with Gasteiger partial charge in [-0.15, -0.1) is 0 Å². The van der Waals surface area contributed by atoms with Gasteiger partial charge in [0.15, 0.2) is 5.78 Å². The van der Waals surface area contributed by atoms with E-state index < -0.39 is 10.0 Å². The van der Waals surface area contributed by atoms with Gasteiger partial charge in [-0.25, -0.2) is 8.42 Å². The third-order valence-electron chi connectivity index (χ3n) is 3.09. The van der Waals surface area contributed by atoms with Crippen molar-refractivity contribution in [1.82, 2.24) is 0 Å². The van der Waals surface area contributed by atoms with Crippen LogP contribution in [0.4, 0.5) is 5.69 Å². The van der Waals surface area contributed by atoms with E-state index in [4.69, 9.17) is 0 Å². The molecule has 0 aliphatic heterocycles. The molecule has 0 spiro atoms. The highest BCUT2D eigenvalue weighted by Gasteiger charge is 2.16. The molecule has 0 atom stereocenters. The van der Waals surface area contributed by atoms with Crippen molar-refractivity contribution >= 4 is 21.5 Å². The molecule has 0 radical (unpaired) electrons. The van der Waals surface area contributed by atoms with Gasteiger partial charge in [-0.3, -0.25) is 9.52 Å². The molecule has 2 aromatic rings. The molecule has 0 aliphatic carbocycles. The largest absolute Gasteiger partial charge is 0.508 e. The van der Waals surface area contributed by atoms with Crippen molar-refractivity contribution in [3.63, 3.8) is 0 Å². The van der Waals surface area contributed by atoms with Crippen LogP contribution in [0.5, 0.6) is 5.75 Å². The molecule has 0 amide bonds. The molecule has 0 saturated carbocycles. The van der Waals surface area contributed by atoms with E-state index in [1.54, 1.807) is 13.8 Å². The van der Waals surface area contributed by atoms with Crippen molar-refractivity contribution in [2.24, 2.45) is 5.92 Å². The van der Waals surface area contributed by atoms with Crippen LogP contribution in [0.25, 0.3) is 0 Å². The number of anilines is 1. The summed E-state index contributed by atoms with van der Waals surface area (Å²) in [6.07, 6.45) is 0. The lowest BCUT2D eigenvalue weighted by Gasteiger charge is -2.09. The summed E-state index contributed by atoms with van der Waals surface area (Å²) in [4.78, 5) is 11.9. The van der Waals surface area contributed by atoms with Crippen LogP contribution in [0.1, 0.15) is 24.2 Å². The smallest absolute Gasteiger partial charge is 0.261 e. The predicted molar refractivity (Wildman–Crippen MR) is 84.5 cm³/mol. The molecule has 0 saturated heterocycles. The fraction of sp³-hybridized carbons (Fsp3) is 0.188. The van der Waals surface area contributed by atoms with Gasteiger partial charge in [0, 0.05) is 17.2 Å². The molecule has 0 heterocycles. The lowest BCUT2D eigenvalue weighted by molar-refractivity contribution is 0.0939. The molecule has 5 nitrogen and oxygen atoms in total. The zero-order valence-electron chi connectivity index (χ0n) is 12.3. The third kappa shape index (κ3) is 3.65. The summed E-state index contributed by atoms with van der Waals surface area (Å²) in [6, 6.07) is 11.5. The normalized spacial score (nSPS) is 11.4. The number of phenolic OH excluding ortho intramolecular Hbond substituents is 1. The molecule has 6 heteroatoms. The molecule has 0 aliphatic rings. The number of rotatable bonds is 5.